The average molecular weight is 720 g/mol. The van der Waals surface area contributed by atoms with Crippen molar-refractivity contribution in [2.24, 2.45) is 0 Å². The van der Waals surface area contributed by atoms with Crippen molar-refractivity contribution in [2.45, 2.75) is 168 Å². The quantitative estimate of drug-likeness (QED) is 0.0466. The summed E-state index contributed by atoms with van der Waals surface area (Å²) in [5, 5.41) is 13.9. The van der Waals surface area contributed by atoms with E-state index in [1.807, 2.05) is 6.92 Å². The Hall–Kier alpha value is -0.520. The molecule has 1 amide bonds. The third-order valence-corrected chi connectivity index (χ3v) is 9.82. The van der Waals surface area contributed by atoms with Crippen molar-refractivity contribution in [1.82, 2.24) is 5.32 Å². The van der Waals surface area contributed by atoms with E-state index in [2.05, 4.69) is 38.2 Å². The molecule has 1 rings (SSSR count). The second-order valence-electron chi connectivity index (χ2n) is 14.3. The van der Waals surface area contributed by atoms with Crippen LogP contribution in [0.4, 0.5) is 0 Å². The number of unbranched alkanes of at least 4 members (excludes halogenated alkanes) is 11. The first kappa shape index (κ1) is 49.5. The topological polar surface area (TPSA) is 106 Å². The summed E-state index contributed by atoms with van der Waals surface area (Å²) in [5.74, 6) is -1.08. The van der Waals surface area contributed by atoms with Crippen molar-refractivity contribution in [1.29, 1.82) is 0 Å². The molecular weight excluding hydrogens is 643 g/mol. The van der Waals surface area contributed by atoms with Gasteiger partial charge in [-0.05, 0) is 78.6 Å². The fraction of sp³-hybridized carbons (Fsp3) is 0.900. The standard InChI is InChI=1S/C40H76N2O7.Na/c1-5-7-8-9-10-11-12-13-14-15-16-17-18-19-23-26-39(43)41-27-28-42(38-24-21-20-22-25-38,33-36(3)48-31-29-46-6-2)34-37(4)49-32-30-47-35-40(44)45;/h13-14,36-38H,5-12,15-35H2,1-4H3,(H-,41,43,44,45);/q;+1/b14-13+;. The molecule has 0 aromatic heterocycles. The third kappa shape index (κ3) is 27.1. The summed E-state index contributed by atoms with van der Waals surface area (Å²) in [5.41, 5.74) is 0. The van der Waals surface area contributed by atoms with E-state index >= 15 is 0 Å². The first-order valence-electron chi connectivity index (χ1n) is 20.2. The first-order valence-corrected chi connectivity index (χ1v) is 20.2. The van der Waals surface area contributed by atoms with Crippen molar-refractivity contribution in [2.75, 3.05) is 65.8 Å². The minimum atomic E-state index is -1.22. The zero-order chi connectivity index (χ0) is 35.8. The van der Waals surface area contributed by atoms with Crippen LogP contribution in [-0.2, 0) is 28.5 Å². The number of aliphatic carboxylic acids is 1. The molecule has 3 atom stereocenters. The molecule has 3 unspecified atom stereocenters. The first-order chi connectivity index (χ1) is 23.8. The summed E-state index contributed by atoms with van der Waals surface area (Å²) in [6, 6.07) is 0.481. The largest absolute Gasteiger partial charge is 1.00 e. The molecule has 9 nitrogen and oxygen atoms in total. The summed E-state index contributed by atoms with van der Waals surface area (Å²) in [4.78, 5) is 23.6. The summed E-state index contributed by atoms with van der Waals surface area (Å²) >= 11 is 0. The molecule has 1 fully saturated rings. The van der Waals surface area contributed by atoms with Crippen molar-refractivity contribution in [3.8, 4) is 0 Å². The van der Waals surface area contributed by atoms with E-state index in [0.29, 0.717) is 45.4 Å². The monoisotopic (exact) mass is 720 g/mol. The van der Waals surface area contributed by atoms with Crippen molar-refractivity contribution >= 4 is 11.9 Å². The molecule has 0 aromatic rings. The van der Waals surface area contributed by atoms with Crippen LogP contribution in [0.2, 0.25) is 0 Å². The van der Waals surface area contributed by atoms with Crippen LogP contribution >= 0.6 is 0 Å². The number of amides is 1. The SMILES string of the molecule is CCCCCCCC/C=C/CCCCCCCC(=O)NCC[N+](CC(C)OCCOCC)(CC(C)OCCOCC(=O)[O-])C1CCCCC1.[Na+]. The van der Waals surface area contributed by atoms with E-state index in [1.165, 1.54) is 89.9 Å². The number of carboxylic acids is 1. The molecule has 0 heterocycles. The molecule has 0 spiro atoms. The normalized spacial score (nSPS) is 16.2. The number of nitrogens with zero attached hydrogens (tertiary/aromatic N) is 1. The smallest absolute Gasteiger partial charge is 0.548 e. The molecule has 1 saturated carbocycles. The van der Waals surface area contributed by atoms with Gasteiger partial charge in [0.05, 0.1) is 58.1 Å². The Kier molecular flexibility index (Phi) is 33.9. The molecule has 0 radical (unpaired) electrons. The summed E-state index contributed by atoms with van der Waals surface area (Å²) in [7, 11) is 0. The van der Waals surface area contributed by atoms with Crippen LogP contribution in [0.5, 0.6) is 0 Å². The molecule has 10 heteroatoms. The second-order valence-corrected chi connectivity index (χ2v) is 14.3. The van der Waals surface area contributed by atoms with Crippen molar-refractivity contribution < 1.29 is 67.7 Å². The van der Waals surface area contributed by atoms with Gasteiger partial charge in [-0.3, -0.25) is 4.79 Å². The van der Waals surface area contributed by atoms with Crippen molar-refractivity contribution in [3.05, 3.63) is 12.2 Å². The number of hydrogen-bond donors (Lipinski definition) is 1. The number of allylic oxidation sites excluding steroid dienone is 2. The summed E-state index contributed by atoms with van der Waals surface area (Å²) < 4.78 is 23.8. The fourth-order valence-corrected chi connectivity index (χ4v) is 7.28. The Morgan fingerprint density at radius 2 is 1.30 bits per heavy atom. The Morgan fingerprint density at radius 1 is 0.760 bits per heavy atom. The number of ether oxygens (including phenoxy) is 4. The van der Waals surface area contributed by atoms with Gasteiger partial charge in [0.25, 0.3) is 0 Å². The predicted octanol–water partition coefficient (Wildman–Crippen LogP) is 3.91. The van der Waals surface area contributed by atoms with E-state index in [0.717, 1.165) is 49.8 Å². The van der Waals surface area contributed by atoms with E-state index in [-0.39, 0.29) is 54.3 Å². The molecule has 0 aromatic carbocycles. The van der Waals surface area contributed by atoms with Crippen LogP contribution in [0, 0.1) is 0 Å². The van der Waals surface area contributed by atoms with Crippen LogP contribution in [0.25, 0.3) is 0 Å². The number of nitrogens with one attached hydrogen (secondary N) is 1. The molecule has 1 aliphatic rings. The minimum Gasteiger partial charge on any atom is -0.548 e. The van der Waals surface area contributed by atoms with Crippen LogP contribution in [0.1, 0.15) is 150 Å². The van der Waals surface area contributed by atoms with Gasteiger partial charge in [-0.25, -0.2) is 0 Å². The van der Waals surface area contributed by atoms with Gasteiger partial charge in [-0.2, -0.15) is 0 Å². The van der Waals surface area contributed by atoms with Gasteiger partial charge in [0, 0.05) is 13.0 Å². The number of carbonyl (C=O) groups excluding carboxylic acids is 2. The summed E-state index contributed by atoms with van der Waals surface area (Å²) in [6.07, 6.45) is 27.6. The molecule has 50 heavy (non-hydrogen) atoms. The molecular formula is C40H76N2NaO7+. The maximum Gasteiger partial charge on any atom is 1.00 e. The van der Waals surface area contributed by atoms with E-state index < -0.39 is 12.6 Å². The van der Waals surface area contributed by atoms with Gasteiger partial charge in [-0.1, -0.05) is 76.9 Å². The number of carboxylic acid groups (broad SMARTS) is 1. The zero-order valence-electron chi connectivity index (χ0n) is 33.2. The fourth-order valence-electron chi connectivity index (χ4n) is 7.28. The third-order valence-electron chi connectivity index (χ3n) is 9.82. The Morgan fingerprint density at radius 3 is 1.86 bits per heavy atom. The number of rotatable bonds is 34. The van der Waals surface area contributed by atoms with E-state index in [9.17, 15) is 14.7 Å². The van der Waals surface area contributed by atoms with E-state index in [1.54, 1.807) is 0 Å². The van der Waals surface area contributed by atoms with Crippen molar-refractivity contribution in [3.63, 3.8) is 0 Å². The average Bonchev–Trinajstić information content (AvgIpc) is 3.08. The predicted molar refractivity (Wildman–Crippen MR) is 197 cm³/mol. The minimum absolute atomic E-state index is 0. The van der Waals surface area contributed by atoms with Crippen LogP contribution in [0.15, 0.2) is 12.2 Å². The molecule has 1 N–H and O–H groups in total. The molecule has 288 valence electrons. The second kappa shape index (κ2) is 34.3. The molecule has 1 aliphatic carbocycles. The maximum atomic E-state index is 12.9. The van der Waals surface area contributed by atoms with Gasteiger partial charge in [0.15, 0.2) is 0 Å². The van der Waals surface area contributed by atoms with Crippen LogP contribution in [0.3, 0.4) is 0 Å². The Labute approximate surface area is 329 Å². The zero-order valence-corrected chi connectivity index (χ0v) is 35.2. The van der Waals surface area contributed by atoms with Gasteiger partial charge in [0.2, 0.25) is 5.91 Å². The number of quaternary nitrogens is 1. The number of hydrogen-bond acceptors (Lipinski definition) is 7. The molecule has 0 bridgehead atoms. The molecule has 0 saturated heterocycles. The molecule has 0 aliphatic heterocycles. The van der Waals surface area contributed by atoms with Gasteiger partial charge < -0.3 is 38.6 Å². The summed E-state index contributed by atoms with van der Waals surface area (Å²) in [6.45, 7) is 13.5. The van der Waals surface area contributed by atoms with E-state index in [4.69, 9.17) is 18.9 Å². The van der Waals surface area contributed by atoms with Crippen LogP contribution < -0.4 is 40.0 Å². The van der Waals surface area contributed by atoms with Gasteiger partial charge >= 0.3 is 29.6 Å². The maximum absolute atomic E-state index is 12.9. The van der Waals surface area contributed by atoms with Crippen LogP contribution in [-0.4, -0.2) is 100 Å². The van der Waals surface area contributed by atoms with Gasteiger partial charge in [0.1, 0.15) is 25.3 Å². The van der Waals surface area contributed by atoms with Gasteiger partial charge in [-0.15, -0.1) is 0 Å². The Balaban J connectivity index is 0.0000240. The Bertz CT molecular complexity index is 828. The number of carbonyl (C=O) groups is 2.